The van der Waals surface area contributed by atoms with Gasteiger partial charge in [-0.25, -0.2) is 0 Å². The fourth-order valence-corrected chi connectivity index (χ4v) is 2.96. The van der Waals surface area contributed by atoms with Gasteiger partial charge in [-0.3, -0.25) is 14.6 Å². The summed E-state index contributed by atoms with van der Waals surface area (Å²) >= 11 is 0. The zero-order chi connectivity index (χ0) is 18.9. The summed E-state index contributed by atoms with van der Waals surface area (Å²) in [5, 5.41) is 5.84. The Hall–Kier alpha value is -2.68. The number of pyridine rings is 2. The minimum absolute atomic E-state index is 0.154. The van der Waals surface area contributed by atoms with Crippen LogP contribution in [0.15, 0.2) is 23.1 Å². The molecule has 0 spiro atoms. The number of carbonyl (C=O) groups excluding carboxylic acids is 1. The van der Waals surface area contributed by atoms with Crippen LogP contribution in [0.25, 0.3) is 0 Å². The Morgan fingerprint density at radius 2 is 2.12 bits per heavy atom. The second-order valence-corrected chi connectivity index (χ2v) is 6.05. The molecule has 3 heterocycles. The maximum absolute atomic E-state index is 12.6. The molecule has 1 amide bonds. The molecule has 0 saturated heterocycles. The van der Waals surface area contributed by atoms with Crippen LogP contribution in [0.1, 0.15) is 38.4 Å². The van der Waals surface area contributed by atoms with Gasteiger partial charge >= 0.3 is 6.18 Å². The van der Waals surface area contributed by atoms with E-state index >= 15 is 0 Å². The number of aromatic nitrogens is 2. The average molecular weight is 366 g/mol. The van der Waals surface area contributed by atoms with Crippen molar-refractivity contribution in [2.45, 2.75) is 32.6 Å². The molecule has 0 aliphatic carbocycles. The normalized spacial score (nSPS) is 14.0. The van der Waals surface area contributed by atoms with E-state index in [2.05, 4.69) is 15.6 Å². The topological polar surface area (TPSA) is 86.9 Å². The van der Waals surface area contributed by atoms with E-state index < -0.39 is 23.3 Å². The Kier molecular flexibility index (Phi) is 4.82. The van der Waals surface area contributed by atoms with Gasteiger partial charge in [0.15, 0.2) is 0 Å². The summed E-state index contributed by atoms with van der Waals surface area (Å²) < 4.78 is 37.8. The van der Waals surface area contributed by atoms with Crippen molar-refractivity contribution in [1.29, 1.82) is 0 Å². The number of nitrogens with one attached hydrogen (secondary N) is 3. The lowest BCUT2D eigenvalue weighted by Crippen LogP contribution is -2.32. The second-order valence-electron chi connectivity index (χ2n) is 6.05. The van der Waals surface area contributed by atoms with Crippen LogP contribution >= 0.6 is 0 Å². The van der Waals surface area contributed by atoms with Crippen molar-refractivity contribution < 1.29 is 18.0 Å². The van der Waals surface area contributed by atoms with Crippen molar-refractivity contribution in [1.82, 2.24) is 20.6 Å². The molecule has 0 aromatic carbocycles. The van der Waals surface area contributed by atoms with Gasteiger partial charge < -0.3 is 15.6 Å². The van der Waals surface area contributed by atoms with Crippen molar-refractivity contribution >= 4 is 5.91 Å². The maximum atomic E-state index is 12.6. The highest BCUT2D eigenvalue weighted by atomic mass is 19.4. The number of alkyl halides is 3. The van der Waals surface area contributed by atoms with Crippen molar-refractivity contribution in [2.24, 2.45) is 0 Å². The third kappa shape index (κ3) is 3.62. The molecule has 9 heteroatoms. The van der Waals surface area contributed by atoms with Crippen LogP contribution in [-0.4, -0.2) is 22.4 Å². The highest BCUT2D eigenvalue weighted by molar-refractivity contribution is 5.93. The third-order valence-corrected chi connectivity index (χ3v) is 4.36. The smallest absolute Gasteiger partial charge is 0.348 e. The molecule has 0 saturated carbocycles. The predicted octanol–water partition coefficient (Wildman–Crippen LogP) is 1.67. The Morgan fingerprint density at radius 1 is 1.35 bits per heavy atom. The van der Waals surface area contributed by atoms with E-state index in [1.165, 1.54) is 0 Å². The number of carbonyl (C=O) groups is 1. The average Bonchev–Trinajstić information content (AvgIpc) is 2.59. The van der Waals surface area contributed by atoms with Gasteiger partial charge in [-0.2, -0.15) is 13.2 Å². The van der Waals surface area contributed by atoms with Crippen molar-refractivity contribution in [3.8, 4) is 0 Å². The molecule has 0 atom stereocenters. The fraction of sp³-hybridized carbons (Fsp3) is 0.353. The van der Waals surface area contributed by atoms with E-state index in [-0.39, 0.29) is 12.1 Å². The fourth-order valence-electron chi connectivity index (χ4n) is 2.96. The van der Waals surface area contributed by atoms with Gasteiger partial charge in [0.25, 0.3) is 11.5 Å². The van der Waals surface area contributed by atoms with E-state index in [1.54, 1.807) is 11.2 Å². The zero-order valence-electron chi connectivity index (χ0n) is 14.0. The number of aryl methyl sites for hydroxylation is 1. The lowest BCUT2D eigenvalue weighted by Gasteiger charge is -2.21. The lowest BCUT2D eigenvalue weighted by molar-refractivity contribution is -0.141. The van der Waals surface area contributed by atoms with Gasteiger partial charge in [0.05, 0.1) is 0 Å². The Morgan fingerprint density at radius 3 is 2.81 bits per heavy atom. The Balaban J connectivity index is 1.79. The summed E-state index contributed by atoms with van der Waals surface area (Å²) in [6.45, 7) is 3.49. The second kappa shape index (κ2) is 6.91. The summed E-state index contributed by atoms with van der Waals surface area (Å²) in [6.07, 6.45) is -2.08. The summed E-state index contributed by atoms with van der Waals surface area (Å²) in [4.78, 5) is 30.0. The SMILES string of the molecule is Cc1ncc2c(c1CNC(=O)c1ccc(C(F)(F)F)[nH]c1=O)CCNC2. The summed E-state index contributed by atoms with van der Waals surface area (Å²) in [6, 6.07) is 1.56. The molecule has 1 aliphatic heterocycles. The first-order valence-electron chi connectivity index (χ1n) is 8.03. The van der Waals surface area contributed by atoms with Crippen molar-refractivity contribution in [3.05, 3.63) is 62.3 Å². The van der Waals surface area contributed by atoms with Gasteiger partial charge in [0.2, 0.25) is 0 Å². The molecular formula is C17H17F3N4O2. The van der Waals surface area contributed by atoms with Crippen LogP contribution < -0.4 is 16.2 Å². The van der Waals surface area contributed by atoms with Crippen LogP contribution in [-0.2, 0) is 25.7 Å². The van der Waals surface area contributed by atoms with Crippen LogP contribution in [0.4, 0.5) is 13.2 Å². The number of hydrogen-bond acceptors (Lipinski definition) is 4. The van der Waals surface area contributed by atoms with E-state index in [0.29, 0.717) is 12.6 Å². The Labute approximate surface area is 146 Å². The first-order chi connectivity index (χ1) is 12.3. The number of rotatable bonds is 3. The zero-order valence-corrected chi connectivity index (χ0v) is 14.0. The summed E-state index contributed by atoms with van der Waals surface area (Å²) in [5.41, 5.74) is 1.18. The Bertz CT molecular complexity index is 906. The molecule has 0 fully saturated rings. The third-order valence-electron chi connectivity index (χ3n) is 4.36. The molecule has 3 N–H and O–H groups in total. The number of hydrogen-bond donors (Lipinski definition) is 3. The molecule has 138 valence electrons. The number of aromatic amines is 1. The van der Waals surface area contributed by atoms with Gasteiger partial charge in [-0.05, 0) is 48.7 Å². The molecule has 6 nitrogen and oxygen atoms in total. The monoisotopic (exact) mass is 366 g/mol. The van der Waals surface area contributed by atoms with Crippen molar-refractivity contribution in [3.63, 3.8) is 0 Å². The number of H-pyrrole nitrogens is 1. The van der Waals surface area contributed by atoms with Crippen LogP contribution in [0.2, 0.25) is 0 Å². The van der Waals surface area contributed by atoms with Crippen LogP contribution in [0, 0.1) is 6.92 Å². The molecule has 0 radical (unpaired) electrons. The first-order valence-corrected chi connectivity index (χ1v) is 8.03. The quantitative estimate of drug-likeness (QED) is 0.771. The molecular weight excluding hydrogens is 349 g/mol. The number of halogens is 3. The molecule has 2 aromatic heterocycles. The van der Waals surface area contributed by atoms with Gasteiger partial charge in [-0.1, -0.05) is 0 Å². The molecule has 1 aliphatic rings. The lowest BCUT2D eigenvalue weighted by atomic mass is 9.96. The minimum Gasteiger partial charge on any atom is -0.348 e. The summed E-state index contributed by atoms with van der Waals surface area (Å²) in [5.74, 6) is -0.731. The van der Waals surface area contributed by atoms with E-state index in [9.17, 15) is 22.8 Å². The molecule has 2 aromatic rings. The summed E-state index contributed by atoms with van der Waals surface area (Å²) in [7, 11) is 0. The highest BCUT2D eigenvalue weighted by Crippen LogP contribution is 2.26. The van der Waals surface area contributed by atoms with Gasteiger partial charge in [-0.15, -0.1) is 0 Å². The standard InChI is InChI=1S/C17H17F3N4O2/c1-9-13(11-4-5-21-6-10(11)7-22-9)8-23-15(25)12-2-3-14(17(18,19)20)24-16(12)26/h2-3,7,21H,4-6,8H2,1H3,(H,23,25)(H,24,26). The molecule has 0 bridgehead atoms. The van der Waals surface area contributed by atoms with Gasteiger partial charge in [0, 0.05) is 25.0 Å². The predicted molar refractivity (Wildman–Crippen MR) is 87.6 cm³/mol. The van der Waals surface area contributed by atoms with Crippen molar-refractivity contribution in [2.75, 3.05) is 6.54 Å². The highest BCUT2D eigenvalue weighted by Gasteiger charge is 2.32. The first kappa shape index (κ1) is 18.1. The minimum atomic E-state index is -4.67. The van der Waals surface area contributed by atoms with E-state index in [1.807, 2.05) is 6.92 Å². The van der Waals surface area contributed by atoms with Crippen LogP contribution in [0.5, 0.6) is 0 Å². The van der Waals surface area contributed by atoms with Gasteiger partial charge in [0.1, 0.15) is 11.3 Å². The molecule has 3 rings (SSSR count). The number of fused-ring (bicyclic) bond motifs is 1. The number of nitrogens with zero attached hydrogens (tertiary/aromatic N) is 1. The van der Waals surface area contributed by atoms with E-state index in [4.69, 9.17) is 0 Å². The van der Waals surface area contributed by atoms with E-state index in [0.717, 1.165) is 41.4 Å². The largest absolute Gasteiger partial charge is 0.431 e. The van der Waals surface area contributed by atoms with Crippen LogP contribution in [0.3, 0.4) is 0 Å². The molecule has 26 heavy (non-hydrogen) atoms. The molecule has 0 unspecified atom stereocenters. The maximum Gasteiger partial charge on any atom is 0.431 e. The number of amides is 1.